The monoisotopic (exact) mass is 288 g/mol. The lowest BCUT2D eigenvalue weighted by molar-refractivity contribution is -0.131. The quantitative estimate of drug-likeness (QED) is 0.618. The molecule has 1 N–H and O–H groups in total. The van der Waals surface area contributed by atoms with E-state index >= 15 is 0 Å². The second-order valence-corrected chi connectivity index (χ2v) is 4.00. The molecular formula is C13H14ClFO4. The van der Waals surface area contributed by atoms with Crippen molar-refractivity contribution in [3.63, 3.8) is 0 Å². The number of aliphatic carboxylic acids is 1. The van der Waals surface area contributed by atoms with Crippen molar-refractivity contribution in [2.75, 3.05) is 20.4 Å². The van der Waals surface area contributed by atoms with E-state index < -0.39 is 12.6 Å². The lowest BCUT2D eigenvalue weighted by atomic mass is 10.2. The summed E-state index contributed by atoms with van der Waals surface area (Å²) in [5, 5.41) is 8.84. The van der Waals surface area contributed by atoms with Gasteiger partial charge in [-0.3, -0.25) is 4.39 Å². The fraction of sp³-hybridized carbons (Fsp3) is 0.308. The van der Waals surface area contributed by atoms with Gasteiger partial charge >= 0.3 is 5.97 Å². The molecule has 0 aliphatic carbocycles. The van der Waals surface area contributed by atoms with Crippen molar-refractivity contribution in [1.29, 1.82) is 0 Å². The van der Waals surface area contributed by atoms with E-state index in [2.05, 4.69) is 0 Å². The molecular weight excluding hydrogens is 275 g/mol. The highest BCUT2D eigenvalue weighted by atomic mass is 35.5. The molecule has 1 aromatic carbocycles. The van der Waals surface area contributed by atoms with Crippen molar-refractivity contribution >= 4 is 23.6 Å². The number of hydrogen-bond donors (Lipinski definition) is 1. The molecule has 0 amide bonds. The van der Waals surface area contributed by atoms with Gasteiger partial charge in [0.25, 0.3) is 0 Å². The average molecular weight is 289 g/mol. The van der Waals surface area contributed by atoms with Crippen LogP contribution in [0.2, 0.25) is 5.02 Å². The summed E-state index contributed by atoms with van der Waals surface area (Å²) in [4.78, 5) is 10.4. The van der Waals surface area contributed by atoms with Crippen LogP contribution >= 0.6 is 11.6 Å². The molecule has 0 unspecified atom stereocenters. The molecule has 0 saturated carbocycles. The van der Waals surface area contributed by atoms with E-state index in [1.165, 1.54) is 13.2 Å². The smallest absolute Gasteiger partial charge is 0.328 e. The number of carboxylic acid groups (broad SMARTS) is 1. The highest BCUT2D eigenvalue weighted by molar-refractivity contribution is 6.32. The van der Waals surface area contributed by atoms with Gasteiger partial charge in [0.05, 0.1) is 25.4 Å². The van der Waals surface area contributed by atoms with Gasteiger partial charge in [-0.1, -0.05) is 11.6 Å². The second-order valence-electron chi connectivity index (χ2n) is 3.60. The van der Waals surface area contributed by atoms with Gasteiger partial charge in [0.1, 0.15) is 0 Å². The van der Waals surface area contributed by atoms with E-state index in [-0.39, 0.29) is 18.1 Å². The molecule has 4 nitrogen and oxygen atoms in total. The third-order valence-corrected chi connectivity index (χ3v) is 2.48. The molecule has 0 radical (unpaired) electrons. The summed E-state index contributed by atoms with van der Waals surface area (Å²) in [5.74, 6) is -0.361. The van der Waals surface area contributed by atoms with Gasteiger partial charge in [-0.25, -0.2) is 4.79 Å². The zero-order chi connectivity index (χ0) is 14.3. The van der Waals surface area contributed by atoms with Gasteiger partial charge in [0.2, 0.25) is 0 Å². The third-order valence-electron chi connectivity index (χ3n) is 2.19. The molecule has 0 aliphatic heterocycles. The van der Waals surface area contributed by atoms with Crippen molar-refractivity contribution in [2.24, 2.45) is 0 Å². The van der Waals surface area contributed by atoms with Gasteiger partial charge in [-0.05, 0) is 23.8 Å². The zero-order valence-corrected chi connectivity index (χ0v) is 11.1. The van der Waals surface area contributed by atoms with Crippen LogP contribution in [0.15, 0.2) is 18.2 Å². The third kappa shape index (κ3) is 4.79. The highest BCUT2D eigenvalue weighted by Crippen LogP contribution is 2.36. The summed E-state index contributed by atoms with van der Waals surface area (Å²) < 4.78 is 22.5. The summed E-state index contributed by atoms with van der Waals surface area (Å²) >= 11 is 6.03. The number of carboxylic acids is 1. The van der Waals surface area contributed by atoms with E-state index in [9.17, 15) is 9.18 Å². The van der Waals surface area contributed by atoms with Gasteiger partial charge in [-0.15, -0.1) is 0 Å². The van der Waals surface area contributed by atoms with Crippen LogP contribution in [0.3, 0.4) is 0 Å². The van der Waals surface area contributed by atoms with Crippen molar-refractivity contribution in [2.45, 2.75) is 6.42 Å². The molecule has 104 valence electrons. The first-order chi connectivity index (χ1) is 9.08. The van der Waals surface area contributed by atoms with Gasteiger partial charge in [0, 0.05) is 12.5 Å². The Kier molecular flexibility index (Phi) is 6.15. The molecule has 0 aliphatic rings. The molecule has 0 heterocycles. The van der Waals surface area contributed by atoms with E-state index in [0.717, 1.165) is 6.08 Å². The SMILES string of the molecule is COc1cc(/C=C/C(=O)O)cc(Cl)c1OCCCF. The van der Waals surface area contributed by atoms with Crippen molar-refractivity contribution in [3.8, 4) is 11.5 Å². The number of ether oxygens (including phenoxy) is 2. The first kappa shape index (κ1) is 15.3. The largest absolute Gasteiger partial charge is 0.493 e. The molecule has 0 saturated heterocycles. The Morgan fingerprint density at radius 3 is 2.84 bits per heavy atom. The minimum absolute atomic E-state index is 0.191. The molecule has 19 heavy (non-hydrogen) atoms. The van der Waals surface area contributed by atoms with E-state index in [4.69, 9.17) is 26.2 Å². The zero-order valence-electron chi connectivity index (χ0n) is 10.4. The number of rotatable bonds is 7. The minimum atomic E-state index is -1.06. The maximum absolute atomic E-state index is 12.0. The van der Waals surface area contributed by atoms with Crippen LogP contribution in [0.5, 0.6) is 11.5 Å². The number of alkyl halides is 1. The lowest BCUT2D eigenvalue weighted by Gasteiger charge is -2.12. The van der Waals surface area contributed by atoms with Crippen LogP contribution in [0.4, 0.5) is 4.39 Å². The maximum atomic E-state index is 12.0. The molecule has 0 fully saturated rings. The van der Waals surface area contributed by atoms with Crippen LogP contribution in [0.1, 0.15) is 12.0 Å². The predicted molar refractivity (Wildman–Crippen MR) is 70.8 cm³/mol. The Bertz CT molecular complexity index is 474. The average Bonchev–Trinajstić information content (AvgIpc) is 2.38. The van der Waals surface area contributed by atoms with Crippen molar-refractivity contribution < 1.29 is 23.8 Å². The first-order valence-electron chi connectivity index (χ1n) is 5.55. The Morgan fingerprint density at radius 2 is 2.26 bits per heavy atom. The minimum Gasteiger partial charge on any atom is -0.493 e. The second kappa shape index (κ2) is 7.63. The Labute approximate surface area is 115 Å². The topological polar surface area (TPSA) is 55.8 Å². The van der Waals surface area contributed by atoms with E-state index in [0.29, 0.717) is 17.1 Å². The van der Waals surface area contributed by atoms with Crippen LogP contribution in [0.25, 0.3) is 6.08 Å². The molecule has 6 heteroatoms. The number of methoxy groups -OCH3 is 1. The lowest BCUT2D eigenvalue weighted by Crippen LogP contribution is -2.01. The van der Waals surface area contributed by atoms with E-state index in [1.807, 2.05) is 0 Å². The molecule has 0 spiro atoms. The molecule has 0 aromatic heterocycles. The summed E-state index contributed by atoms with van der Waals surface area (Å²) in [5.41, 5.74) is 0.571. The Balaban J connectivity index is 2.97. The van der Waals surface area contributed by atoms with Crippen LogP contribution in [0, 0.1) is 0 Å². The normalized spacial score (nSPS) is 10.7. The standard InChI is InChI=1S/C13H14ClFO4/c1-18-11-8-9(3-4-12(16)17)7-10(14)13(11)19-6-2-5-15/h3-4,7-8H,2,5-6H2,1H3,(H,16,17)/b4-3+. The van der Waals surface area contributed by atoms with Crippen LogP contribution in [-0.2, 0) is 4.79 Å². The summed E-state index contributed by atoms with van der Waals surface area (Å²) in [6.45, 7) is -0.281. The van der Waals surface area contributed by atoms with Crippen molar-refractivity contribution in [1.82, 2.24) is 0 Å². The number of halogens is 2. The highest BCUT2D eigenvalue weighted by Gasteiger charge is 2.11. The van der Waals surface area contributed by atoms with Gasteiger partial charge in [0.15, 0.2) is 11.5 Å². The first-order valence-corrected chi connectivity index (χ1v) is 5.93. The maximum Gasteiger partial charge on any atom is 0.328 e. The number of benzene rings is 1. The Morgan fingerprint density at radius 1 is 1.53 bits per heavy atom. The molecule has 0 atom stereocenters. The van der Waals surface area contributed by atoms with E-state index in [1.54, 1.807) is 12.1 Å². The van der Waals surface area contributed by atoms with Gasteiger partial charge in [-0.2, -0.15) is 0 Å². The molecule has 0 bridgehead atoms. The van der Waals surface area contributed by atoms with Gasteiger partial charge < -0.3 is 14.6 Å². The van der Waals surface area contributed by atoms with Crippen LogP contribution < -0.4 is 9.47 Å². The molecule has 1 rings (SSSR count). The summed E-state index contributed by atoms with van der Waals surface area (Å²) in [6, 6.07) is 3.14. The number of carbonyl (C=O) groups is 1. The summed E-state index contributed by atoms with van der Waals surface area (Å²) in [6.07, 6.45) is 2.65. The Hall–Kier alpha value is -1.75. The predicted octanol–water partition coefficient (Wildman–Crippen LogP) is 3.18. The number of hydrogen-bond acceptors (Lipinski definition) is 3. The fourth-order valence-corrected chi connectivity index (χ4v) is 1.65. The van der Waals surface area contributed by atoms with Crippen molar-refractivity contribution in [3.05, 3.63) is 28.8 Å². The summed E-state index contributed by atoms with van der Waals surface area (Å²) in [7, 11) is 1.44. The fourth-order valence-electron chi connectivity index (χ4n) is 1.37. The van der Waals surface area contributed by atoms with Crippen LogP contribution in [-0.4, -0.2) is 31.5 Å². The molecule has 1 aromatic rings.